The van der Waals surface area contributed by atoms with E-state index in [1.807, 2.05) is 0 Å². The first kappa shape index (κ1) is 53.9. The van der Waals surface area contributed by atoms with Gasteiger partial charge < -0.3 is 14.4 Å². The topological polar surface area (TPSA) is 55.8 Å². The molecule has 0 aliphatic rings. The van der Waals surface area contributed by atoms with Crippen LogP contribution >= 0.6 is 0 Å². The van der Waals surface area contributed by atoms with Crippen LogP contribution in [0.25, 0.3) is 0 Å². The molecule has 0 fully saturated rings. The predicted molar refractivity (Wildman–Crippen MR) is 240 cm³/mol. The highest BCUT2D eigenvalue weighted by atomic mass is 16.5. The Labute approximate surface area is 345 Å². The highest BCUT2D eigenvalue weighted by Gasteiger charge is 2.15. The van der Waals surface area contributed by atoms with Gasteiger partial charge in [0.05, 0.1) is 13.2 Å². The van der Waals surface area contributed by atoms with E-state index in [4.69, 9.17) is 9.47 Å². The van der Waals surface area contributed by atoms with Gasteiger partial charge in [-0.25, -0.2) is 0 Å². The second-order valence-corrected chi connectivity index (χ2v) is 17.4. The van der Waals surface area contributed by atoms with E-state index in [-0.39, 0.29) is 11.9 Å². The third-order valence-electron chi connectivity index (χ3n) is 12.0. The molecule has 0 heterocycles. The SMILES string of the molecule is CCCCCCCCCCC(CCCCCCCC)COC(=O)CCCN(CC)CCCC(=O)OCC(CCCCCCCC)CCCCCCCCCC. The lowest BCUT2D eigenvalue weighted by molar-refractivity contribution is -0.146. The Balaban J connectivity index is 4.45. The minimum absolute atomic E-state index is 0.0361. The van der Waals surface area contributed by atoms with Gasteiger partial charge in [0, 0.05) is 12.8 Å². The summed E-state index contributed by atoms with van der Waals surface area (Å²) in [7, 11) is 0. The Morgan fingerprint density at radius 1 is 0.364 bits per heavy atom. The first-order valence-electron chi connectivity index (χ1n) is 25.0. The summed E-state index contributed by atoms with van der Waals surface area (Å²) in [4.78, 5) is 27.9. The Bertz CT molecular complexity index is 726. The Morgan fingerprint density at radius 3 is 0.873 bits per heavy atom. The van der Waals surface area contributed by atoms with E-state index in [9.17, 15) is 9.59 Å². The molecular formula is C50H99NO4. The van der Waals surface area contributed by atoms with Crippen LogP contribution in [-0.2, 0) is 19.1 Å². The van der Waals surface area contributed by atoms with Crippen LogP contribution in [-0.4, -0.2) is 49.7 Å². The average molecular weight is 778 g/mol. The summed E-state index contributed by atoms with van der Waals surface area (Å²) in [5, 5.41) is 0. The molecule has 0 amide bonds. The maximum absolute atomic E-state index is 12.8. The van der Waals surface area contributed by atoms with Gasteiger partial charge in [-0.05, 0) is 70.0 Å². The largest absolute Gasteiger partial charge is 0.465 e. The summed E-state index contributed by atoms with van der Waals surface area (Å²) in [6.45, 7) is 15.2. The summed E-state index contributed by atoms with van der Waals surface area (Å²) in [6.07, 6.45) is 44.7. The van der Waals surface area contributed by atoms with E-state index in [2.05, 4.69) is 39.5 Å². The van der Waals surface area contributed by atoms with Crippen molar-refractivity contribution in [1.29, 1.82) is 0 Å². The van der Waals surface area contributed by atoms with Crippen LogP contribution in [0, 0.1) is 11.8 Å². The molecule has 0 aromatic rings. The molecule has 5 heteroatoms. The minimum atomic E-state index is -0.0361. The second-order valence-electron chi connectivity index (χ2n) is 17.4. The summed E-state index contributed by atoms with van der Waals surface area (Å²) < 4.78 is 11.8. The quantitative estimate of drug-likeness (QED) is 0.0455. The van der Waals surface area contributed by atoms with E-state index >= 15 is 0 Å². The van der Waals surface area contributed by atoms with E-state index in [1.54, 1.807) is 0 Å². The molecule has 0 aliphatic carbocycles. The third-order valence-corrected chi connectivity index (χ3v) is 12.0. The Hall–Kier alpha value is -1.10. The van der Waals surface area contributed by atoms with Gasteiger partial charge in [-0.1, -0.05) is 214 Å². The highest BCUT2D eigenvalue weighted by molar-refractivity contribution is 5.69. The van der Waals surface area contributed by atoms with Crippen molar-refractivity contribution in [3.8, 4) is 0 Å². The van der Waals surface area contributed by atoms with Crippen molar-refractivity contribution in [1.82, 2.24) is 4.90 Å². The van der Waals surface area contributed by atoms with Crippen LogP contribution < -0.4 is 0 Å². The molecule has 0 aliphatic heterocycles. The zero-order valence-corrected chi connectivity index (χ0v) is 38.2. The van der Waals surface area contributed by atoms with E-state index in [1.165, 1.54) is 205 Å². The highest BCUT2D eigenvalue weighted by Crippen LogP contribution is 2.22. The van der Waals surface area contributed by atoms with Crippen LogP contribution in [0.2, 0.25) is 0 Å². The monoisotopic (exact) mass is 778 g/mol. The maximum Gasteiger partial charge on any atom is 0.305 e. The maximum atomic E-state index is 12.8. The average Bonchev–Trinajstić information content (AvgIpc) is 3.19. The lowest BCUT2D eigenvalue weighted by Crippen LogP contribution is -2.27. The van der Waals surface area contributed by atoms with E-state index < -0.39 is 0 Å². The zero-order chi connectivity index (χ0) is 40.3. The zero-order valence-electron chi connectivity index (χ0n) is 38.2. The molecule has 328 valence electrons. The van der Waals surface area contributed by atoms with Crippen molar-refractivity contribution >= 4 is 11.9 Å². The lowest BCUT2D eigenvalue weighted by atomic mass is 9.94. The third kappa shape index (κ3) is 39.5. The molecule has 0 rings (SSSR count). The van der Waals surface area contributed by atoms with Gasteiger partial charge in [-0.15, -0.1) is 0 Å². The van der Waals surface area contributed by atoms with Gasteiger partial charge in [-0.3, -0.25) is 9.59 Å². The van der Waals surface area contributed by atoms with E-state index in [0.717, 1.165) is 32.5 Å². The minimum Gasteiger partial charge on any atom is -0.465 e. The number of ether oxygens (including phenoxy) is 2. The summed E-state index contributed by atoms with van der Waals surface area (Å²) >= 11 is 0. The molecule has 0 radical (unpaired) electrons. The van der Waals surface area contributed by atoms with Crippen LogP contribution in [0.1, 0.15) is 266 Å². The van der Waals surface area contributed by atoms with Crippen molar-refractivity contribution in [2.45, 2.75) is 266 Å². The molecule has 2 atom stereocenters. The van der Waals surface area contributed by atoms with Crippen LogP contribution in [0.15, 0.2) is 0 Å². The standard InChI is InChI=1S/C50H99NO4/c1-6-11-15-19-23-25-29-33-39-47(37-31-27-21-17-13-8-3)45-54-49(52)41-35-43-51(10-5)44-36-42-50(53)55-46-48(38-32-28-22-18-14-9-4)40-34-30-26-24-20-16-12-7-2/h47-48H,6-46H2,1-5H3. The fourth-order valence-electron chi connectivity index (χ4n) is 8.07. The molecule has 0 N–H and O–H groups in total. The van der Waals surface area contributed by atoms with Gasteiger partial charge in [0.1, 0.15) is 0 Å². The predicted octanol–water partition coefficient (Wildman–Crippen LogP) is 15.8. The molecule has 0 bridgehead atoms. The number of hydrogen-bond donors (Lipinski definition) is 0. The van der Waals surface area contributed by atoms with Gasteiger partial charge >= 0.3 is 11.9 Å². The van der Waals surface area contributed by atoms with Gasteiger partial charge in [0.25, 0.3) is 0 Å². The number of hydrogen-bond acceptors (Lipinski definition) is 5. The number of rotatable bonds is 45. The molecular weight excluding hydrogens is 679 g/mol. The molecule has 0 saturated carbocycles. The van der Waals surface area contributed by atoms with Crippen LogP contribution in [0.4, 0.5) is 0 Å². The lowest BCUT2D eigenvalue weighted by Gasteiger charge is -2.21. The molecule has 0 spiro atoms. The summed E-state index contributed by atoms with van der Waals surface area (Å²) in [6, 6.07) is 0. The van der Waals surface area contributed by atoms with Gasteiger partial charge in [0.15, 0.2) is 0 Å². The van der Waals surface area contributed by atoms with E-state index in [0.29, 0.717) is 37.9 Å². The van der Waals surface area contributed by atoms with Crippen molar-refractivity contribution in [2.75, 3.05) is 32.8 Å². The fraction of sp³-hybridized carbons (Fsp3) is 0.960. The van der Waals surface area contributed by atoms with Crippen molar-refractivity contribution in [3.63, 3.8) is 0 Å². The smallest absolute Gasteiger partial charge is 0.305 e. The number of esters is 2. The summed E-state index contributed by atoms with van der Waals surface area (Å²) in [5.74, 6) is 0.952. The first-order valence-corrected chi connectivity index (χ1v) is 25.0. The van der Waals surface area contributed by atoms with Crippen molar-refractivity contribution in [3.05, 3.63) is 0 Å². The molecule has 0 aromatic heterocycles. The Morgan fingerprint density at radius 2 is 0.618 bits per heavy atom. The molecule has 5 nitrogen and oxygen atoms in total. The normalized spacial score (nSPS) is 12.7. The molecule has 0 aromatic carbocycles. The van der Waals surface area contributed by atoms with Crippen molar-refractivity contribution in [2.24, 2.45) is 11.8 Å². The number of nitrogens with zero attached hydrogens (tertiary/aromatic N) is 1. The van der Waals surface area contributed by atoms with Crippen LogP contribution in [0.5, 0.6) is 0 Å². The van der Waals surface area contributed by atoms with Crippen molar-refractivity contribution < 1.29 is 19.1 Å². The molecule has 0 saturated heterocycles. The number of carbonyl (C=O) groups is 2. The first-order chi connectivity index (χ1) is 27.0. The van der Waals surface area contributed by atoms with Gasteiger partial charge in [-0.2, -0.15) is 0 Å². The van der Waals surface area contributed by atoms with Gasteiger partial charge in [0.2, 0.25) is 0 Å². The molecule has 55 heavy (non-hydrogen) atoms. The number of carbonyl (C=O) groups excluding carboxylic acids is 2. The summed E-state index contributed by atoms with van der Waals surface area (Å²) in [5.41, 5.74) is 0. The van der Waals surface area contributed by atoms with Crippen LogP contribution in [0.3, 0.4) is 0 Å². The Kier molecular flexibility index (Phi) is 43.1. The number of unbranched alkanes of at least 4 members (excludes halogenated alkanes) is 24. The molecule has 2 unspecified atom stereocenters. The second kappa shape index (κ2) is 44.0. The fourth-order valence-corrected chi connectivity index (χ4v) is 8.07.